The fraction of sp³-hybridized carbons (Fsp3) is 1.00. The van der Waals surface area contributed by atoms with Crippen molar-refractivity contribution in [1.29, 1.82) is 0 Å². The zero-order chi connectivity index (χ0) is 11.1. The maximum absolute atomic E-state index is 5.25. The lowest BCUT2D eigenvalue weighted by molar-refractivity contribution is 0.0898. The largest absolute Gasteiger partial charge is 0.383 e. The molecule has 0 aromatic rings. The summed E-state index contributed by atoms with van der Waals surface area (Å²) in [6, 6.07) is 0.588. The molecule has 0 spiro atoms. The molecule has 0 saturated carbocycles. The zero-order valence-corrected chi connectivity index (χ0v) is 10.5. The average molecular weight is 214 g/mol. The van der Waals surface area contributed by atoms with Crippen LogP contribution in [-0.2, 0) is 4.74 Å². The van der Waals surface area contributed by atoms with Crippen molar-refractivity contribution in [3.63, 3.8) is 0 Å². The summed E-state index contributed by atoms with van der Waals surface area (Å²) in [6.07, 6.45) is 3.83. The number of ether oxygens (including phenoxy) is 1. The van der Waals surface area contributed by atoms with E-state index in [1.807, 2.05) is 0 Å². The fourth-order valence-electron chi connectivity index (χ4n) is 2.37. The Hall–Kier alpha value is -0.120. The minimum absolute atomic E-state index is 0.588. The van der Waals surface area contributed by atoms with E-state index >= 15 is 0 Å². The zero-order valence-electron chi connectivity index (χ0n) is 10.5. The molecule has 1 aliphatic rings. The molecule has 0 bridgehead atoms. The maximum atomic E-state index is 5.25. The van der Waals surface area contributed by atoms with Gasteiger partial charge >= 0.3 is 0 Å². The third-order valence-corrected chi connectivity index (χ3v) is 3.46. The molecule has 1 aliphatic heterocycles. The summed E-state index contributed by atoms with van der Waals surface area (Å²) in [5.41, 5.74) is 0. The highest BCUT2D eigenvalue weighted by atomic mass is 16.5. The Balaban J connectivity index is 2.27. The van der Waals surface area contributed by atoms with Gasteiger partial charge in [-0.3, -0.25) is 0 Å². The Morgan fingerprint density at radius 2 is 2.07 bits per heavy atom. The first-order chi connectivity index (χ1) is 7.27. The Kier molecular flexibility index (Phi) is 6.22. The normalized spacial score (nSPS) is 20.8. The van der Waals surface area contributed by atoms with Gasteiger partial charge in [0.25, 0.3) is 0 Å². The number of likely N-dealkylation sites (N-methyl/N-ethyl adjacent to an activating group) is 1. The summed E-state index contributed by atoms with van der Waals surface area (Å²) >= 11 is 0. The molecule has 1 unspecified atom stereocenters. The van der Waals surface area contributed by atoms with Gasteiger partial charge in [-0.2, -0.15) is 0 Å². The molecule has 1 atom stereocenters. The minimum Gasteiger partial charge on any atom is -0.383 e. The van der Waals surface area contributed by atoms with E-state index in [0.717, 1.165) is 12.5 Å². The van der Waals surface area contributed by atoms with Gasteiger partial charge in [-0.25, -0.2) is 0 Å². The monoisotopic (exact) mass is 214 g/mol. The van der Waals surface area contributed by atoms with Crippen LogP contribution in [0.2, 0.25) is 0 Å². The summed E-state index contributed by atoms with van der Waals surface area (Å²) in [5, 5.41) is 3.41. The van der Waals surface area contributed by atoms with Crippen molar-refractivity contribution in [2.24, 2.45) is 5.92 Å². The van der Waals surface area contributed by atoms with E-state index in [4.69, 9.17) is 4.74 Å². The van der Waals surface area contributed by atoms with Gasteiger partial charge in [0.15, 0.2) is 0 Å². The van der Waals surface area contributed by atoms with Gasteiger partial charge in [0.05, 0.1) is 6.61 Å². The number of nitrogens with one attached hydrogen (secondary N) is 1. The van der Waals surface area contributed by atoms with E-state index in [1.165, 1.54) is 38.9 Å². The molecule has 3 nitrogen and oxygen atoms in total. The highest BCUT2D eigenvalue weighted by molar-refractivity contribution is 4.74. The average Bonchev–Trinajstić information content (AvgIpc) is 2.27. The molecule has 15 heavy (non-hydrogen) atoms. The van der Waals surface area contributed by atoms with Crippen LogP contribution in [0.4, 0.5) is 0 Å². The summed E-state index contributed by atoms with van der Waals surface area (Å²) < 4.78 is 5.25. The van der Waals surface area contributed by atoms with Crippen molar-refractivity contribution < 1.29 is 4.74 Å². The summed E-state index contributed by atoms with van der Waals surface area (Å²) in [7, 11) is 4.02. The number of hydrogen-bond acceptors (Lipinski definition) is 3. The number of methoxy groups -OCH3 is 1. The van der Waals surface area contributed by atoms with Crippen LogP contribution in [0.1, 0.15) is 26.2 Å². The van der Waals surface area contributed by atoms with Crippen molar-refractivity contribution in [3.05, 3.63) is 0 Å². The van der Waals surface area contributed by atoms with Crippen molar-refractivity contribution in [3.8, 4) is 0 Å². The van der Waals surface area contributed by atoms with Crippen molar-refractivity contribution >= 4 is 0 Å². The minimum atomic E-state index is 0.588. The van der Waals surface area contributed by atoms with Crippen LogP contribution in [0.25, 0.3) is 0 Å². The molecule has 0 aliphatic carbocycles. The lowest BCUT2D eigenvalue weighted by Gasteiger charge is -2.32. The second-order valence-corrected chi connectivity index (χ2v) is 4.65. The molecule has 90 valence electrons. The summed E-state index contributed by atoms with van der Waals surface area (Å²) in [5.74, 6) is 0.877. The van der Waals surface area contributed by atoms with Gasteiger partial charge in [-0.1, -0.05) is 6.92 Å². The van der Waals surface area contributed by atoms with Crippen LogP contribution in [0.15, 0.2) is 0 Å². The molecule has 1 fully saturated rings. The van der Waals surface area contributed by atoms with Gasteiger partial charge in [-0.15, -0.1) is 0 Å². The Labute approximate surface area is 94.2 Å². The number of piperidine rings is 1. The second kappa shape index (κ2) is 7.20. The molecule has 0 aromatic heterocycles. The topological polar surface area (TPSA) is 24.5 Å². The van der Waals surface area contributed by atoms with Gasteiger partial charge in [0.1, 0.15) is 0 Å². The molecule has 1 heterocycles. The molecule has 1 saturated heterocycles. The molecule has 1 rings (SSSR count). The number of rotatable bonds is 6. The van der Waals surface area contributed by atoms with Crippen LogP contribution < -0.4 is 5.32 Å². The van der Waals surface area contributed by atoms with Gasteiger partial charge in [-0.05, 0) is 45.3 Å². The molecular weight excluding hydrogens is 188 g/mol. The SMILES string of the molecule is CCC(COC)N(C)CC1CCNCC1. The maximum Gasteiger partial charge on any atom is 0.0617 e. The van der Waals surface area contributed by atoms with Crippen molar-refractivity contribution in [1.82, 2.24) is 10.2 Å². The van der Waals surface area contributed by atoms with Gasteiger partial charge < -0.3 is 15.0 Å². The predicted molar refractivity (Wildman–Crippen MR) is 64.2 cm³/mol. The fourth-order valence-corrected chi connectivity index (χ4v) is 2.37. The van der Waals surface area contributed by atoms with Crippen LogP contribution >= 0.6 is 0 Å². The lowest BCUT2D eigenvalue weighted by Crippen LogP contribution is -2.41. The molecule has 1 N–H and O–H groups in total. The predicted octanol–water partition coefficient (Wildman–Crippen LogP) is 1.34. The van der Waals surface area contributed by atoms with E-state index < -0.39 is 0 Å². The summed E-state index contributed by atoms with van der Waals surface area (Å²) in [4.78, 5) is 2.47. The number of nitrogens with zero attached hydrogens (tertiary/aromatic N) is 1. The van der Waals surface area contributed by atoms with Crippen LogP contribution in [0.5, 0.6) is 0 Å². The van der Waals surface area contributed by atoms with Crippen molar-refractivity contribution in [2.45, 2.75) is 32.2 Å². The highest BCUT2D eigenvalue weighted by Gasteiger charge is 2.19. The summed E-state index contributed by atoms with van der Waals surface area (Å²) in [6.45, 7) is 6.71. The second-order valence-electron chi connectivity index (χ2n) is 4.65. The van der Waals surface area contributed by atoms with E-state index in [-0.39, 0.29) is 0 Å². The molecule has 0 amide bonds. The number of hydrogen-bond donors (Lipinski definition) is 1. The van der Waals surface area contributed by atoms with E-state index in [1.54, 1.807) is 7.11 Å². The van der Waals surface area contributed by atoms with E-state index in [9.17, 15) is 0 Å². The standard InChI is InChI=1S/C12H26N2O/c1-4-12(10-15-3)14(2)9-11-5-7-13-8-6-11/h11-13H,4-10H2,1-3H3. The molecule has 3 heteroatoms. The van der Waals surface area contributed by atoms with Crippen LogP contribution in [0, 0.1) is 5.92 Å². The highest BCUT2D eigenvalue weighted by Crippen LogP contribution is 2.15. The first-order valence-electron chi connectivity index (χ1n) is 6.17. The molecule has 0 radical (unpaired) electrons. The van der Waals surface area contributed by atoms with Gasteiger partial charge in [0, 0.05) is 19.7 Å². The molecule has 0 aromatic carbocycles. The third kappa shape index (κ3) is 4.49. The van der Waals surface area contributed by atoms with Crippen molar-refractivity contribution in [2.75, 3.05) is 40.4 Å². The van der Waals surface area contributed by atoms with Crippen LogP contribution in [-0.4, -0.2) is 51.3 Å². The molecular formula is C12H26N2O. The smallest absolute Gasteiger partial charge is 0.0617 e. The lowest BCUT2D eigenvalue weighted by atomic mass is 9.97. The first-order valence-corrected chi connectivity index (χ1v) is 6.17. The van der Waals surface area contributed by atoms with Gasteiger partial charge in [0.2, 0.25) is 0 Å². The van der Waals surface area contributed by atoms with E-state index in [2.05, 4.69) is 24.2 Å². The third-order valence-electron chi connectivity index (χ3n) is 3.46. The Morgan fingerprint density at radius 3 is 2.60 bits per heavy atom. The quantitative estimate of drug-likeness (QED) is 0.722. The van der Waals surface area contributed by atoms with Crippen LogP contribution in [0.3, 0.4) is 0 Å². The Bertz CT molecular complexity index is 158. The van der Waals surface area contributed by atoms with E-state index in [0.29, 0.717) is 6.04 Å². The first kappa shape index (κ1) is 12.9. The Morgan fingerprint density at radius 1 is 1.40 bits per heavy atom.